The first-order valence-electron chi connectivity index (χ1n) is 5.03. The molecule has 0 atom stereocenters. The smallest absolute Gasteiger partial charge is 0.159 e. The fraction of sp³-hybridized carbons (Fsp3) is 0.308. The standard InChI is InChI=1S/C13H14O/c1-10-7-8-13(14)12(10)9-11-5-3-2-4-6-11/h2-6H,7-9H2,1H3. The second-order valence-electron chi connectivity index (χ2n) is 3.84. The molecule has 0 unspecified atom stereocenters. The Bertz CT molecular complexity index is 373. The molecule has 0 heterocycles. The maximum absolute atomic E-state index is 11.5. The molecule has 1 aliphatic carbocycles. The Kier molecular flexibility index (Phi) is 2.49. The van der Waals surface area contributed by atoms with Crippen molar-refractivity contribution in [2.45, 2.75) is 26.2 Å². The van der Waals surface area contributed by atoms with Crippen molar-refractivity contribution in [1.29, 1.82) is 0 Å². The van der Waals surface area contributed by atoms with Crippen molar-refractivity contribution in [3.05, 3.63) is 47.0 Å². The second-order valence-corrected chi connectivity index (χ2v) is 3.84. The Labute approximate surface area is 84.5 Å². The van der Waals surface area contributed by atoms with Crippen LogP contribution in [0, 0.1) is 0 Å². The Balaban J connectivity index is 2.19. The van der Waals surface area contributed by atoms with Crippen molar-refractivity contribution in [2.75, 3.05) is 0 Å². The van der Waals surface area contributed by atoms with Gasteiger partial charge in [-0.05, 0) is 24.5 Å². The topological polar surface area (TPSA) is 17.1 Å². The summed E-state index contributed by atoms with van der Waals surface area (Å²) in [4.78, 5) is 11.5. The van der Waals surface area contributed by atoms with E-state index >= 15 is 0 Å². The molecule has 0 saturated heterocycles. The quantitative estimate of drug-likeness (QED) is 0.694. The highest BCUT2D eigenvalue weighted by atomic mass is 16.1. The zero-order chi connectivity index (χ0) is 9.97. The minimum absolute atomic E-state index is 0.339. The Morgan fingerprint density at radius 3 is 2.43 bits per heavy atom. The first-order chi connectivity index (χ1) is 6.77. The highest BCUT2D eigenvalue weighted by Gasteiger charge is 2.19. The van der Waals surface area contributed by atoms with Crippen molar-refractivity contribution < 1.29 is 4.79 Å². The first kappa shape index (κ1) is 9.20. The number of carbonyl (C=O) groups is 1. The minimum atomic E-state index is 0.339. The maximum Gasteiger partial charge on any atom is 0.159 e. The molecule has 1 aliphatic rings. The summed E-state index contributed by atoms with van der Waals surface area (Å²) in [7, 11) is 0. The van der Waals surface area contributed by atoms with Crippen LogP contribution in [0.4, 0.5) is 0 Å². The average Bonchev–Trinajstić information content (AvgIpc) is 2.51. The fourth-order valence-electron chi connectivity index (χ4n) is 1.89. The van der Waals surface area contributed by atoms with Gasteiger partial charge >= 0.3 is 0 Å². The Hall–Kier alpha value is -1.37. The lowest BCUT2D eigenvalue weighted by atomic mass is 10.0. The third-order valence-electron chi connectivity index (χ3n) is 2.80. The minimum Gasteiger partial charge on any atom is -0.295 e. The van der Waals surface area contributed by atoms with Crippen LogP contribution in [0.3, 0.4) is 0 Å². The van der Waals surface area contributed by atoms with Gasteiger partial charge in [-0.25, -0.2) is 0 Å². The van der Waals surface area contributed by atoms with Crippen LogP contribution in [0.2, 0.25) is 0 Å². The van der Waals surface area contributed by atoms with E-state index in [1.807, 2.05) is 18.2 Å². The first-order valence-corrected chi connectivity index (χ1v) is 5.03. The Morgan fingerprint density at radius 1 is 1.14 bits per heavy atom. The van der Waals surface area contributed by atoms with Gasteiger partial charge in [-0.15, -0.1) is 0 Å². The molecule has 72 valence electrons. The van der Waals surface area contributed by atoms with Crippen LogP contribution in [0.25, 0.3) is 0 Å². The van der Waals surface area contributed by atoms with Crippen LogP contribution in [0.15, 0.2) is 41.5 Å². The fourth-order valence-corrected chi connectivity index (χ4v) is 1.89. The van der Waals surface area contributed by atoms with E-state index in [2.05, 4.69) is 19.1 Å². The lowest BCUT2D eigenvalue weighted by molar-refractivity contribution is -0.115. The third kappa shape index (κ3) is 1.77. The highest BCUT2D eigenvalue weighted by Crippen LogP contribution is 2.25. The van der Waals surface area contributed by atoms with Crippen LogP contribution in [0.1, 0.15) is 25.3 Å². The van der Waals surface area contributed by atoms with Gasteiger partial charge in [0.05, 0.1) is 0 Å². The van der Waals surface area contributed by atoms with Gasteiger partial charge in [0.1, 0.15) is 0 Å². The predicted molar refractivity (Wildman–Crippen MR) is 57.1 cm³/mol. The number of rotatable bonds is 2. The molecule has 0 spiro atoms. The van der Waals surface area contributed by atoms with E-state index in [1.165, 1.54) is 11.1 Å². The summed E-state index contributed by atoms with van der Waals surface area (Å²) in [5, 5.41) is 0. The van der Waals surface area contributed by atoms with Crippen LogP contribution in [-0.2, 0) is 11.2 Å². The molecular formula is C13H14O. The van der Waals surface area contributed by atoms with E-state index in [-0.39, 0.29) is 0 Å². The number of allylic oxidation sites excluding steroid dienone is 2. The number of ketones is 1. The summed E-state index contributed by atoms with van der Waals surface area (Å²) in [6, 6.07) is 10.2. The molecule has 0 N–H and O–H groups in total. The van der Waals surface area contributed by atoms with Crippen molar-refractivity contribution in [1.82, 2.24) is 0 Å². The summed E-state index contributed by atoms with van der Waals surface area (Å²) in [5.74, 6) is 0.339. The summed E-state index contributed by atoms with van der Waals surface area (Å²) < 4.78 is 0. The molecule has 0 aliphatic heterocycles. The molecule has 0 radical (unpaired) electrons. The second kappa shape index (κ2) is 3.79. The normalized spacial score (nSPS) is 16.5. The highest BCUT2D eigenvalue weighted by molar-refractivity contribution is 5.98. The van der Waals surface area contributed by atoms with Crippen LogP contribution in [0.5, 0.6) is 0 Å². The van der Waals surface area contributed by atoms with Crippen LogP contribution < -0.4 is 0 Å². The molecule has 14 heavy (non-hydrogen) atoms. The van der Waals surface area contributed by atoms with Crippen molar-refractivity contribution in [3.63, 3.8) is 0 Å². The largest absolute Gasteiger partial charge is 0.295 e. The van der Waals surface area contributed by atoms with Gasteiger partial charge in [0.15, 0.2) is 5.78 Å². The van der Waals surface area contributed by atoms with Crippen molar-refractivity contribution in [2.24, 2.45) is 0 Å². The SMILES string of the molecule is CC1=C(Cc2ccccc2)C(=O)CC1. The van der Waals surface area contributed by atoms with Gasteiger partial charge in [-0.3, -0.25) is 4.79 Å². The number of benzene rings is 1. The number of Topliss-reactive ketones (excluding diaryl/α,β-unsaturated/α-hetero) is 1. The number of hydrogen-bond acceptors (Lipinski definition) is 1. The van der Waals surface area contributed by atoms with Crippen LogP contribution in [-0.4, -0.2) is 5.78 Å². The molecule has 1 aromatic rings. The summed E-state index contributed by atoms with van der Waals surface area (Å²) in [6.45, 7) is 2.07. The zero-order valence-electron chi connectivity index (χ0n) is 8.42. The summed E-state index contributed by atoms with van der Waals surface area (Å²) in [6.07, 6.45) is 2.49. The van der Waals surface area contributed by atoms with Crippen molar-refractivity contribution >= 4 is 5.78 Å². The maximum atomic E-state index is 11.5. The molecule has 1 nitrogen and oxygen atoms in total. The van der Waals surface area contributed by atoms with E-state index in [0.717, 1.165) is 18.4 Å². The van der Waals surface area contributed by atoms with E-state index in [0.29, 0.717) is 12.2 Å². The lowest BCUT2D eigenvalue weighted by Gasteiger charge is -2.02. The number of hydrogen-bond donors (Lipinski definition) is 0. The van der Waals surface area contributed by atoms with Gasteiger partial charge in [0, 0.05) is 12.8 Å². The molecule has 1 aromatic carbocycles. The van der Waals surface area contributed by atoms with Crippen LogP contribution >= 0.6 is 0 Å². The molecule has 0 amide bonds. The molecular weight excluding hydrogens is 172 g/mol. The van der Waals surface area contributed by atoms with E-state index < -0.39 is 0 Å². The van der Waals surface area contributed by atoms with Gasteiger partial charge in [0.25, 0.3) is 0 Å². The number of carbonyl (C=O) groups excluding carboxylic acids is 1. The summed E-state index contributed by atoms with van der Waals surface area (Å²) >= 11 is 0. The average molecular weight is 186 g/mol. The third-order valence-corrected chi connectivity index (χ3v) is 2.80. The lowest BCUT2D eigenvalue weighted by Crippen LogP contribution is -1.99. The monoisotopic (exact) mass is 186 g/mol. The predicted octanol–water partition coefficient (Wildman–Crippen LogP) is 2.91. The van der Waals surface area contributed by atoms with E-state index in [1.54, 1.807) is 0 Å². The van der Waals surface area contributed by atoms with E-state index in [4.69, 9.17) is 0 Å². The summed E-state index contributed by atoms with van der Waals surface area (Å²) in [5.41, 5.74) is 3.55. The van der Waals surface area contributed by atoms with Gasteiger partial charge in [-0.2, -0.15) is 0 Å². The molecule has 0 aromatic heterocycles. The van der Waals surface area contributed by atoms with Crippen molar-refractivity contribution in [3.8, 4) is 0 Å². The van der Waals surface area contributed by atoms with E-state index in [9.17, 15) is 4.79 Å². The van der Waals surface area contributed by atoms with Gasteiger partial charge in [-0.1, -0.05) is 35.9 Å². The molecule has 1 heteroatoms. The zero-order valence-corrected chi connectivity index (χ0v) is 8.42. The molecule has 0 saturated carbocycles. The van der Waals surface area contributed by atoms with Gasteiger partial charge < -0.3 is 0 Å². The Morgan fingerprint density at radius 2 is 1.86 bits per heavy atom. The molecule has 0 fully saturated rings. The van der Waals surface area contributed by atoms with Gasteiger partial charge in [0.2, 0.25) is 0 Å². The molecule has 2 rings (SSSR count). The molecule has 0 bridgehead atoms.